The van der Waals surface area contributed by atoms with Gasteiger partial charge in [0.2, 0.25) is 0 Å². The Balaban J connectivity index is 0.000000280. The topological polar surface area (TPSA) is 171 Å². The van der Waals surface area contributed by atoms with Gasteiger partial charge in [-0.05, 0) is 58.7 Å². The summed E-state index contributed by atoms with van der Waals surface area (Å²) >= 11 is 0. The van der Waals surface area contributed by atoms with Crippen molar-refractivity contribution in [3.8, 4) is 29.1 Å². The summed E-state index contributed by atoms with van der Waals surface area (Å²) in [4.78, 5) is 29.9. The number of benzene rings is 4. The van der Waals surface area contributed by atoms with Gasteiger partial charge in [0.15, 0.2) is 60.9 Å². The van der Waals surface area contributed by atoms with Crippen LogP contribution in [0.1, 0.15) is 61.3 Å². The van der Waals surface area contributed by atoms with Crippen LogP contribution in [0.15, 0.2) is 164 Å². The number of aromatic nitrogens is 3. The van der Waals surface area contributed by atoms with Crippen LogP contribution in [-0.4, -0.2) is 96.2 Å². The van der Waals surface area contributed by atoms with E-state index in [9.17, 15) is 60.0 Å². The Kier molecular flexibility index (Phi) is 26.6. The zero-order valence-electron chi connectivity index (χ0n) is 48.7. The van der Waals surface area contributed by atoms with E-state index in [4.69, 9.17) is 52.6 Å². The van der Waals surface area contributed by atoms with E-state index in [0.29, 0.717) is 87.0 Å². The predicted molar refractivity (Wildman–Crippen MR) is 312 cm³/mol. The monoisotopic (exact) mass is 1330 g/mol. The average molecular weight is 1340 g/mol. The zero-order valence-corrected chi connectivity index (χ0v) is 50.5. The molecule has 0 unspecified atom stereocenters. The molecule has 4 aromatic carbocycles. The molecule has 6 bridgehead atoms. The van der Waals surface area contributed by atoms with Gasteiger partial charge in [-0.25, -0.2) is 23.7 Å². The molecule has 16 nitrogen and oxygen atoms in total. The molecule has 0 saturated carbocycles. The first-order valence-electron chi connectivity index (χ1n) is 27.4. The summed E-state index contributed by atoms with van der Waals surface area (Å²) in [6, 6.07) is 46.3. The molecular formula is C61H64F12N4O12P2. The van der Waals surface area contributed by atoms with Crippen LogP contribution in [0.4, 0.5) is 50.4 Å². The van der Waals surface area contributed by atoms with E-state index in [2.05, 4.69) is 136 Å². The molecule has 2 aliphatic heterocycles. The van der Waals surface area contributed by atoms with Crippen LogP contribution in [0.3, 0.4) is 0 Å². The second-order valence-electron chi connectivity index (χ2n) is 19.0. The van der Waals surface area contributed by atoms with Gasteiger partial charge in [-0.3, -0.25) is 0 Å². The van der Waals surface area contributed by atoms with Crippen LogP contribution in [0.25, 0.3) is 12.2 Å². The quantitative estimate of drug-likeness (QED) is 0.0506. The van der Waals surface area contributed by atoms with Crippen molar-refractivity contribution in [1.29, 1.82) is 5.26 Å². The van der Waals surface area contributed by atoms with Crippen molar-refractivity contribution in [2.24, 2.45) is 0 Å². The fraction of sp³-hybridized carbons (Fsp3) is 0.279. The van der Waals surface area contributed by atoms with E-state index in [1.807, 2.05) is 0 Å². The Morgan fingerprint density at radius 3 is 1.03 bits per heavy atom. The minimum absolute atomic E-state index is 0.0331. The van der Waals surface area contributed by atoms with E-state index < -0.39 is 27.6 Å². The first-order valence-corrected chi connectivity index (χ1v) is 31.5. The summed E-state index contributed by atoms with van der Waals surface area (Å²) in [5, 5.41) is 7.32. The summed E-state index contributed by atoms with van der Waals surface area (Å²) < 4.78 is 180. The van der Waals surface area contributed by atoms with Crippen molar-refractivity contribution >= 4 is 39.7 Å². The van der Waals surface area contributed by atoms with Crippen molar-refractivity contribution in [2.75, 3.05) is 79.3 Å². The number of cyclic esters (lactones) is 2. The van der Waals surface area contributed by atoms with Crippen LogP contribution >= 0.6 is 15.6 Å². The molecule has 0 atom stereocenters. The minimum Gasteiger partial charge on any atom is -0.487 e. The van der Waals surface area contributed by atoms with E-state index in [0.717, 1.165) is 13.1 Å². The van der Waals surface area contributed by atoms with Gasteiger partial charge in [0.1, 0.15) is 51.0 Å². The Morgan fingerprint density at radius 1 is 0.418 bits per heavy atom. The first-order chi connectivity index (χ1) is 42.8. The number of halogens is 12. The molecule has 91 heavy (non-hydrogen) atoms. The molecule has 3 aromatic heterocycles. The normalized spacial score (nSPS) is 16.1. The van der Waals surface area contributed by atoms with E-state index in [-0.39, 0.29) is 51.0 Å². The molecule has 0 saturated heterocycles. The molecule has 9 rings (SSSR count). The van der Waals surface area contributed by atoms with E-state index in [1.165, 1.54) is 47.4 Å². The van der Waals surface area contributed by atoms with E-state index >= 15 is 0 Å². The van der Waals surface area contributed by atoms with Gasteiger partial charge < -0.3 is 47.4 Å². The number of nitrogens with zero attached hydrogens (tertiary/aromatic N) is 4. The molecule has 0 radical (unpaired) electrons. The Bertz CT molecular complexity index is 3230. The predicted octanol–water partition coefficient (Wildman–Crippen LogP) is 15.2. The maximum Gasteiger partial charge on any atom is 0.357 e. The second-order valence-corrected chi connectivity index (χ2v) is 22.9. The average Bonchev–Trinajstić information content (AvgIpc) is 0.835. The second kappa shape index (κ2) is 33.0. The van der Waals surface area contributed by atoms with Crippen molar-refractivity contribution in [3.63, 3.8) is 0 Å². The third-order valence-corrected chi connectivity index (χ3v) is 11.3. The molecule has 0 fully saturated rings. The third-order valence-electron chi connectivity index (χ3n) is 11.3. The van der Waals surface area contributed by atoms with Gasteiger partial charge in [-0.2, -0.15) is 5.26 Å². The number of fused-ring (bicyclic) bond motifs is 13. The van der Waals surface area contributed by atoms with Crippen molar-refractivity contribution in [2.45, 2.75) is 33.2 Å². The number of nitriles is 1. The summed E-state index contributed by atoms with van der Waals surface area (Å²) in [7, 11) is -21.3. The van der Waals surface area contributed by atoms with E-state index in [1.54, 1.807) is 42.5 Å². The number of carbonyl (C=O) groups excluding carboxylic acids is 2. The van der Waals surface area contributed by atoms with Crippen molar-refractivity contribution < 1.29 is 116 Å². The molecule has 0 spiro atoms. The number of rotatable bonds is 6. The van der Waals surface area contributed by atoms with Gasteiger partial charge in [0.25, 0.3) is 0 Å². The number of pyridine rings is 3. The third kappa shape index (κ3) is 35.5. The van der Waals surface area contributed by atoms with Crippen molar-refractivity contribution in [1.82, 2.24) is 4.98 Å². The van der Waals surface area contributed by atoms with Gasteiger partial charge in [0.05, 0.1) is 58.9 Å². The van der Waals surface area contributed by atoms with Gasteiger partial charge in [0, 0.05) is 42.3 Å². The SMILES string of the molecule is C(=C\c1cc[n+](Cc2ccccc2)cc1)/c1cc[n+](Cc2ccccc2)cc1.CC#N.F[P-](F)(F)(F)(F)F.F[P-](F)(F)(F)(F)F.O=C1OCc2ccc3c(c2)OCCOCCOCCOc2cc(ccc2OCCOCCOCCO3)COC(=O)c2cccc1n2. The molecule has 7 aromatic rings. The smallest absolute Gasteiger partial charge is 0.357 e. The Morgan fingerprint density at radius 2 is 0.714 bits per heavy atom. The summed E-state index contributed by atoms with van der Waals surface area (Å²) in [5.74, 6) is 0.522. The molecule has 494 valence electrons. The van der Waals surface area contributed by atoms with Gasteiger partial charge in [-0.15, -0.1) is 0 Å². The molecule has 0 aliphatic carbocycles. The number of ether oxygens (including phenoxy) is 10. The maximum atomic E-state index is 12.8. The van der Waals surface area contributed by atoms with Gasteiger partial charge in [-0.1, -0.05) is 91.0 Å². The molecule has 0 N–H and O–H groups in total. The molecule has 0 amide bonds. The van der Waals surface area contributed by atoms with Crippen LogP contribution < -0.4 is 28.1 Å². The van der Waals surface area contributed by atoms with Crippen LogP contribution in [0.2, 0.25) is 0 Å². The van der Waals surface area contributed by atoms with Gasteiger partial charge >= 0.3 is 77.9 Å². The summed E-state index contributed by atoms with van der Waals surface area (Å²) in [6.45, 7) is 6.97. The summed E-state index contributed by atoms with van der Waals surface area (Å²) in [6.07, 6.45) is 12.8. The number of hydrogen-bond acceptors (Lipinski definition) is 14. The minimum atomic E-state index is -10.7. The molecule has 2 aliphatic rings. The fourth-order valence-corrected chi connectivity index (χ4v) is 7.49. The molecule has 30 heteroatoms. The number of hydrogen-bond donors (Lipinski definition) is 0. The van der Waals surface area contributed by atoms with Crippen molar-refractivity contribution in [3.05, 3.63) is 209 Å². The summed E-state index contributed by atoms with van der Waals surface area (Å²) in [5.41, 5.74) is 6.27. The zero-order chi connectivity index (χ0) is 66.4. The standard InChI is InChI=1S/C33H37NO12.C26H24N2.C2H3N.2F6P/c35-32-26-2-1-3-27(34-26)33(36)46-23-25-5-7-29-31(21-25)44-19-15-40-11-10-39-14-18-43-30-20-24(22-45-32)4-6-28(30)41-16-12-37-8-9-38-13-17-42-29;1-3-7-25(8-4-1)21-27-17-13-23(14-18-27)11-12-24-15-19-28(20-16-24)22-26-9-5-2-6-10-26;1-2-3;2*1-7(2,3,4,5)6/h1-7,20-21H,8-19,22-23H2;1-20H,21-22H2;1H3;;/q;+2;;2*-1/b;12-11+;;;. The fourth-order valence-electron chi connectivity index (χ4n) is 7.49. The largest absolute Gasteiger partial charge is 0.487 e. The van der Waals surface area contributed by atoms with Crippen LogP contribution in [0.5, 0.6) is 23.0 Å². The first kappa shape index (κ1) is 73.3. The number of esters is 2. The number of carbonyl (C=O) groups is 2. The molecule has 5 heterocycles. The molecular weight excluding hydrogens is 1270 g/mol. The maximum absolute atomic E-state index is 12.8. The Hall–Kier alpha value is -8.44. The van der Waals surface area contributed by atoms with Crippen LogP contribution in [-0.2, 0) is 54.7 Å². The Labute approximate surface area is 515 Å². The van der Waals surface area contributed by atoms with Crippen LogP contribution in [0, 0.1) is 11.3 Å².